The number of ether oxygens (including phenoxy) is 1. The zero-order valence-electron chi connectivity index (χ0n) is 10.7. The normalized spacial score (nSPS) is 12.3. The molecule has 0 spiro atoms. The molecule has 0 heterocycles. The lowest BCUT2D eigenvalue weighted by Crippen LogP contribution is -2.04. The number of hydrogen-bond donors (Lipinski definition) is 2. The summed E-state index contributed by atoms with van der Waals surface area (Å²) in [6, 6.07) is 6.35. The Morgan fingerprint density at radius 3 is 2.45 bits per heavy atom. The van der Waals surface area contributed by atoms with Crippen molar-refractivity contribution in [1.82, 2.24) is 0 Å². The van der Waals surface area contributed by atoms with Crippen molar-refractivity contribution < 1.29 is 31.1 Å². The maximum absolute atomic E-state index is 13.5. The predicted molar refractivity (Wildman–Crippen MR) is 72.8 cm³/mol. The summed E-state index contributed by atoms with van der Waals surface area (Å²) in [5, 5.41) is 0. The van der Waals surface area contributed by atoms with Crippen molar-refractivity contribution in [2.75, 3.05) is 4.72 Å². The number of anilines is 1. The van der Waals surface area contributed by atoms with Gasteiger partial charge in [-0.15, -0.1) is 0 Å². The molecule has 0 radical (unpaired) electrons. The quantitative estimate of drug-likeness (QED) is 0.646. The van der Waals surface area contributed by atoms with E-state index in [2.05, 4.69) is 4.74 Å². The summed E-state index contributed by atoms with van der Waals surface area (Å²) in [6.07, 6.45) is 0. The third-order valence-corrected chi connectivity index (χ3v) is 2.99. The molecule has 0 aliphatic heterocycles. The summed E-state index contributed by atoms with van der Waals surface area (Å²) >= 11 is -2.50. The SMILES string of the molecule is O=S(O)Nc1cc(-c2cc(F)cc(OC(F)F)c2)ccc1F. The molecule has 0 aliphatic rings. The molecule has 118 valence electrons. The molecular formula is C13H9F4NO3S. The molecule has 0 saturated carbocycles. The molecule has 0 fully saturated rings. The number of benzene rings is 2. The molecule has 1 atom stereocenters. The molecule has 0 aromatic heterocycles. The summed E-state index contributed by atoms with van der Waals surface area (Å²) in [7, 11) is 0. The highest BCUT2D eigenvalue weighted by molar-refractivity contribution is 7.80. The highest BCUT2D eigenvalue weighted by atomic mass is 32.2. The fraction of sp³-hybridized carbons (Fsp3) is 0.0769. The van der Waals surface area contributed by atoms with Gasteiger partial charge in [0.1, 0.15) is 17.4 Å². The molecule has 2 rings (SSSR count). The second-order valence-corrected chi connectivity index (χ2v) is 4.80. The first-order valence-electron chi connectivity index (χ1n) is 5.78. The fourth-order valence-corrected chi connectivity index (χ4v) is 2.12. The molecule has 2 N–H and O–H groups in total. The lowest BCUT2D eigenvalue weighted by molar-refractivity contribution is -0.0499. The molecule has 9 heteroatoms. The molecule has 0 aliphatic carbocycles. The van der Waals surface area contributed by atoms with E-state index in [4.69, 9.17) is 4.55 Å². The fourth-order valence-electron chi connectivity index (χ4n) is 1.78. The Balaban J connectivity index is 2.43. The Morgan fingerprint density at radius 2 is 1.82 bits per heavy atom. The van der Waals surface area contributed by atoms with Gasteiger partial charge in [-0.3, -0.25) is 9.27 Å². The van der Waals surface area contributed by atoms with Crippen LogP contribution in [0.3, 0.4) is 0 Å². The number of nitrogens with one attached hydrogen (secondary N) is 1. The second kappa shape index (κ2) is 6.75. The van der Waals surface area contributed by atoms with Crippen LogP contribution in [0.15, 0.2) is 36.4 Å². The average Bonchev–Trinajstić information content (AvgIpc) is 2.39. The first-order valence-corrected chi connectivity index (χ1v) is 6.88. The third kappa shape index (κ3) is 4.18. The van der Waals surface area contributed by atoms with Gasteiger partial charge >= 0.3 is 6.61 Å². The summed E-state index contributed by atoms with van der Waals surface area (Å²) in [4.78, 5) is 0. The molecule has 4 nitrogen and oxygen atoms in total. The summed E-state index contributed by atoms with van der Waals surface area (Å²) in [5.74, 6) is -2.01. The Hall–Kier alpha value is -2.13. The molecule has 1 unspecified atom stereocenters. The number of rotatable bonds is 5. The van der Waals surface area contributed by atoms with E-state index in [9.17, 15) is 21.8 Å². The molecule has 2 aromatic carbocycles. The van der Waals surface area contributed by atoms with E-state index in [0.717, 1.165) is 30.3 Å². The Bertz CT molecular complexity index is 712. The van der Waals surface area contributed by atoms with E-state index >= 15 is 0 Å². The maximum Gasteiger partial charge on any atom is 0.387 e. The topological polar surface area (TPSA) is 58.6 Å². The monoisotopic (exact) mass is 335 g/mol. The van der Waals surface area contributed by atoms with Crippen LogP contribution in [0.4, 0.5) is 23.2 Å². The second-order valence-electron chi connectivity index (χ2n) is 4.10. The van der Waals surface area contributed by atoms with Gasteiger partial charge in [0.2, 0.25) is 0 Å². The van der Waals surface area contributed by atoms with Crippen LogP contribution in [-0.2, 0) is 11.3 Å². The van der Waals surface area contributed by atoms with Crippen LogP contribution < -0.4 is 9.46 Å². The van der Waals surface area contributed by atoms with Crippen LogP contribution in [0.2, 0.25) is 0 Å². The number of alkyl halides is 2. The number of halogens is 4. The average molecular weight is 335 g/mol. The molecular weight excluding hydrogens is 326 g/mol. The largest absolute Gasteiger partial charge is 0.435 e. The van der Waals surface area contributed by atoms with Gasteiger partial charge in [-0.05, 0) is 35.4 Å². The van der Waals surface area contributed by atoms with Gasteiger partial charge in [-0.1, -0.05) is 6.07 Å². The number of hydrogen-bond acceptors (Lipinski definition) is 2. The minimum atomic E-state index is -3.11. The molecule has 22 heavy (non-hydrogen) atoms. The van der Waals surface area contributed by atoms with E-state index in [-0.39, 0.29) is 16.8 Å². The first-order chi connectivity index (χ1) is 10.3. The van der Waals surface area contributed by atoms with E-state index in [1.54, 1.807) is 0 Å². The maximum atomic E-state index is 13.5. The van der Waals surface area contributed by atoms with Gasteiger partial charge in [0.15, 0.2) is 0 Å². The van der Waals surface area contributed by atoms with E-state index in [0.29, 0.717) is 0 Å². The Morgan fingerprint density at radius 1 is 1.09 bits per heavy atom. The molecule has 0 saturated heterocycles. The standard InChI is InChI=1S/C13H9F4NO3S/c14-9-3-8(4-10(6-9)21-13(16)17)7-1-2-11(15)12(5-7)18-22(19)20/h1-6,13,18H,(H,19,20). The van der Waals surface area contributed by atoms with Crippen molar-refractivity contribution >= 4 is 17.0 Å². The van der Waals surface area contributed by atoms with Gasteiger partial charge in [0, 0.05) is 6.07 Å². The van der Waals surface area contributed by atoms with Crippen LogP contribution in [0.5, 0.6) is 5.75 Å². The predicted octanol–water partition coefficient (Wildman–Crippen LogP) is 3.78. The van der Waals surface area contributed by atoms with Gasteiger partial charge < -0.3 is 4.74 Å². The van der Waals surface area contributed by atoms with Crippen molar-refractivity contribution in [3.05, 3.63) is 48.0 Å². The van der Waals surface area contributed by atoms with Gasteiger partial charge in [-0.2, -0.15) is 8.78 Å². The minimum absolute atomic E-state index is 0.141. The van der Waals surface area contributed by atoms with Crippen molar-refractivity contribution in [1.29, 1.82) is 0 Å². The van der Waals surface area contributed by atoms with Crippen LogP contribution in [-0.4, -0.2) is 15.4 Å². The van der Waals surface area contributed by atoms with Gasteiger partial charge in [-0.25, -0.2) is 13.0 Å². The van der Waals surface area contributed by atoms with Crippen LogP contribution in [0.25, 0.3) is 11.1 Å². The lowest BCUT2D eigenvalue weighted by atomic mass is 10.0. The molecule has 2 aromatic rings. The lowest BCUT2D eigenvalue weighted by Gasteiger charge is -2.10. The molecule has 0 amide bonds. The molecule has 0 bridgehead atoms. The highest BCUT2D eigenvalue weighted by Gasteiger charge is 2.11. The zero-order chi connectivity index (χ0) is 16.3. The van der Waals surface area contributed by atoms with Crippen LogP contribution in [0, 0.1) is 11.6 Å². The van der Waals surface area contributed by atoms with Crippen molar-refractivity contribution in [2.24, 2.45) is 0 Å². The summed E-state index contributed by atoms with van der Waals surface area (Å²) in [5.41, 5.74) is 0.0920. The van der Waals surface area contributed by atoms with Crippen molar-refractivity contribution in [3.63, 3.8) is 0 Å². The van der Waals surface area contributed by atoms with E-state index in [1.807, 2.05) is 4.72 Å². The van der Waals surface area contributed by atoms with Gasteiger partial charge in [0.05, 0.1) is 5.69 Å². The summed E-state index contributed by atoms with van der Waals surface area (Å²) in [6.45, 7) is -3.11. The van der Waals surface area contributed by atoms with Crippen molar-refractivity contribution in [3.8, 4) is 16.9 Å². The van der Waals surface area contributed by atoms with E-state index < -0.39 is 35.3 Å². The van der Waals surface area contributed by atoms with Crippen molar-refractivity contribution in [2.45, 2.75) is 6.61 Å². The van der Waals surface area contributed by atoms with Crippen LogP contribution >= 0.6 is 0 Å². The Kier molecular flexibility index (Phi) is 4.99. The minimum Gasteiger partial charge on any atom is -0.435 e. The summed E-state index contributed by atoms with van der Waals surface area (Å²) < 4.78 is 76.7. The third-order valence-electron chi connectivity index (χ3n) is 2.59. The Labute approximate surface area is 125 Å². The van der Waals surface area contributed by atoms with Crippen LogP contribution in [0.1, 0.15) is 0 Å². The van der Waals surface area contributed by atoms with E-state index in [1.165, 1.54) is 6.07 Å². The first kappa shape index (κ1) is 16.2. The smallest absolute Gasteiger partial charge is 0.387 e. The zero-order valence-corrected chi connectivity index (χ0v) is 11.5. The van der Waals surface area contributed by atoms with Gasteiger partial charge in [0.25, 0.3) is 11.3 Å². The highest BCUT2D eigenvalue weighted by Crippen LogP contribution is 2.29.